The molecule has 2 unspecified atom stereocenters. The van der Waals surface area contributed by atoms with Crippen LogP contribution in [0.5, 0.6) is 5.75 Å². The van der Waals surface area contributed by atoms with Crippen LogP contribution in [0.1, 0.15) is 56.1 Å². The van der Waals surface area contributed by atoms with Gasteiger partial charge in [-0.15, -0.1) is 0 Å². The van der Waals surface area contributed by atoms with E-state index < -0.39 is 5.60 Å². The van der Waals surface area contributed by atoms with E-state index in [0.29, 0.717) is 38.0 Å². The Morgan fingerprint density at radius 2 is 1.68 bits per heavy atom. The number of hydrogen-bond acceptors (Lipinski definition) is 5. The van der Waals surface area contributed by atoms with Gasteiger partial charge >= 0.3 is 0 Å². The highest BCUT2D eigenvalue weighted by Gasteiger charge is 2.57. The smallest absolute Gasteiger partial charge is 0.242 e. The lowest BCUT2D eigenvalue weighted by molar-refractivity contribution is -0.169. The fourth-order valence-corrected chi connectivity index (χ4v) is 8.48. The molecule has 7 nitrogen and oxygen atoms in total. The fourth-order valence-electron chi connectivity index (χ4n) is 8.21. The summed E-state index contributed by atoms with van der Waals surface area (Å²) >= 11 is 3.47. The third kappa shape index (κ3) is 6.39. The predicted molar refractivity (Wildman–Crippen MR) is 156 cm³/mol. The first-order chi connectivity index (χ1) is 19.3. The van der Waals surface area contributed by atoms with Crippen LogP contribution in [0.25, 0.3) is 0 Å². The molecule has 1 aliphatic heterocycles. The zero-order chi connectivity index (χ0) is 27.7. The first-order valence-electron chi connectivity index (χ1n) is 14.7. The van der Waals surface area contributed by atoms with Gasteiger partial charge in [-0.05, 0) is 79.5 Å². The lowest BCUT2D eigenvalue weighted by atomic mass is 9.47. The third-order valence-corrected chi connectivity index (χ3v) is 10.1. The van der Waals surface area contributed by atoms with Crippen molar-refractivity contribution in [1.29, 1.82) is 0 Å². The zero-order valence-electron chi connectivity index (χ0n) is 23.1. The van der Waals surface area contributed by atoms with E-state index in [4.69, 9.17) is 4.74 Å². The number of aliphatic hydroxyl groups is 1. The molecule has 8 heteroatoms. The molecule has 7 rings (SSSR count). The average molecular weight is 611 g/mol. The quantitative estimate of drug-likeness (QED) is 0.437. The van der Waals surface area contributed by atoms with E-state index in [2.05, 4.69) is 44.3 Å². The van der Waals surface area contributed by atoms with Crippen molar-refractivity contribution >= 4 is 27.7 Å². The number of benzene rings is 2. The molecule has 4 bridgehead atoms. The molecule has 0 aromatic heterocycles. The van der Waals surface area contributed by atoms with Crippen molar-refractivity contribution in [3.05, 3.63) is 64.1 Å². The Morgan fingerprint density at radius 3 is 2.38 bits per heavy atom. The van der Waals surface area contributed by atoms with Gasteiger partial charge in [-0.3, -0.25) is 14.5 Å². The van der Waals surface area contributed by atoms with Crippen LogP contribution in [0.4, 0.5) is 0 Å². The minimum Gasteiger partial charge on any atom is -0.489 e. The molecular formula is C32H40BrN3O4. The van der Waals surface area contributed by atoms with Crippen molar-refractivity contribution in [1.82, 2.24) is 15.1 Å². The number of ether oxygens (including phenoxy) is 1. The van der Waals surface area contributed by atoms with Crippen LogP contribution in [-0.4, -0.2) is 65.0 Å². The van der Waals surface area contributed by atoms with Gasteiger partial charge in [-0.2, -0.15) is 0 Å². The number of hydrogen-bond donors (Lipinski definition) is 2. The second kappa shape index (κ2) is 11.5. The highest BCUT2D eigenvalue weighted by molar-refractivity contribution is 9.10. The average Bonchev–Trinajstić information content (AvgIpc) is 2.91. The van der Waals surface area contributed by atoms with Crippen LogP contribution in [0.15, 0.2) is 53.0 Å². The summed E-state index contributed by atoms with van der Waals surface area (Å²) in [4.78, 5) is 30.0. The van der Waals surface area contributed by atoms with E-state index in [-0.39, 0.29) is 23.8 Å². The molecule has 4 aliphatic carbocycles. The Morgan fingerprint density at radius 1 is 0.975 bits per heavy atom. The summed E-state index contributed by atoms with van der Waals surface area (Å²) in [6, 6.07) is 16.3. The van der Waals surface area contributed by atoms with Gasteiger partial charge in [0.05, 0.1) is 12.1 Å². The van der Waals surface area contributed by atoms with Crippen molar-refractivity contribution in [2.24, 2.45) is 17.3 Å². The Labute approximate surface area is 245 Å². The lowest BCUT2D eigenvalue weighted by Gasteiger charge is -2.60. The Hall–Kier alpha value is -2.42. The van der Waals surface area contributed by atoms with Crippen molar-refractivity contribution in [3.63, 3.8) is 0 Å². The van der Waals surface area contributed by atoms with Crippen LogP contribution >= 0.6 is 15.9 Å². The Bertz CT molecular complexity index is 1210. The zero-order valence-corrected chi connectivity index (χ0v) is 24.7. The lowest BCUT2D eigenvalue weighted by Crippen LogP contribution is -2.56. The number of rotatable bonds is 9. The minimum atomic E-state index is -0.563. The SMILES string of the molecule is O=C(CC12CC3CC(CC(O)(C3)C1)C2)NCC(=O)N1CCN(Cc2ccccc2OCc2ccc(Br)cc2)CC1. The van der Waals surface area contributed by atoms with Gasteiger partial charge < -0.3 is 20.1 Å². The summed E-state index contributed by atoms with van der Waals surface area (Å²) in [6.45, 7) is 4.20. The van der Waals surface area contributed by atoms with Crippen LogP contribution in [0, 0.1) is 17.3 Å². The van der Waals surface area contributed by atoms with Gasteiger partial charge in [-0.25, -0.2) is 0 Å². The summed E-state index contributed by atoms with van der Waals surface area (Å²) in [5, 5.41) is 13.9. The largest absolute Gasteiger partial charge is 0.489 e. The molecule has 2 aromatic carbocycles. The molecule has 5 fully saturated rings. The summed E-state index contributed by atoms with van der Waals surface area (Å²) in [6.07, 6.45) is 6.30. The molecule has 214 valence electrons. The molecule has 40 heavy (non-hydrogen) atoms. The normalized spacial score (nSPS) is 29.4. The monoisotopic (exact) mass is 609 g/mol. The molecule has 0 radical (unpaired) electrons. The van der Waals surface area contributed by atoms with Crippen molar-refractivity contribution in [2.75, 3.05) is 32.7 Å². The maximum Gasteiger partial charge on any atom is 0.242 e. The van der Waals surface area contributed by atoms with E-state index in [9.17, 15) is 14.7 Å². The Kier molecular flexibility index (Phi) is 7.94. The van der Waals surface area contributed by atoms with Gasteiger partial charge in [0.25, 0.3) is 0 Å². The molecule has 4 saturated carbocycles. The number of carbonyl (C=O) groups excluding carboxylic acids is 2. The van der Waals surface area contributed by atoms with Crippen LogP contribution < -0.4 is 10.1 Å². The molecular weight excluding hydrogens is 570 g/mol. The molecule has 0 spiro atoms. The fraction of sp³-hybridized carbons (Fsp3) is 0.562. The first-order valence-corrected chi connectivity index (χ1v) is 15.5. The van der Waals surface area contributed by atoms with E-state index in [1.807, 2.05) is 35.2 Å². The Balaban J connectivity index is 0.945. The third-order valence-electron chi connectivity index (χ3n) is 9.52. The number of amides is 2. The number of halogens is 1. The summed E-state index contributed by atoms with van der Waals surface area (Å²) in [5.74, 6) is 1.94. The number of nitrogens with zero attached hydrogens (tertiary/aromatic N) is 2. The molecule has 2 N–H and O–H groups in total. The summed E-state index contributed by atoms with van der Waals surface area (Å²) in [7, 11) is 0. The number of piperazine rings is 1. The van der Waals surface area contributed by atoms with Gasteiger partial charge in [-0.1, -0.05) is 46.3 Å². The van der Waals surface area contributed by atoms with Gasteiger partial charge in [0, 0.05) is 49.2 Å². The molecule has 5 aliphatic rings. The van der Waals surface area contributed by atoms with Crippen LogP contribution in [-0.2, 0) is 22.7 Å². The van der Waals surface area contributed by atoms with Crippen molar-refractivity contribution in [2.45, 2.75) is 63.7 Å². The van der Waals surface area contributed by atoms with Crippen molar-refractivity contribution in [3.8, 4) is 5.75 Å². The molecule has 2 atom stereocenters. The highest BCUT2D eigenvalue weighted by atomic mass is 79.9. The predicted octanol–water partition coefficient (Wildman–Crippen LogP) is 4.51. The molecule has 1 saturated heterocycles. The van der Waals surface area contributed by atoms with Crippen LogP contribution in [0.2, 0.25) is 0 Å². The molecule has 2 aromatic rings. The van der Waals surface area contributed by atoms with Gasteiger partial charge in [0.15, 0.2) is 0 Å². The molecule has 2 amide bonds. The van der Waals surface area contributed by atoms with E-state index in [1.165, 1.54) is 6.42 Å². The highest BCUT2D eigenvalue weighted by Crippen LogP contribution is 2.62. The summed E-state index contributed by atoms with van der Waals surface area (Å²) in [5.41, 5.74) is 1.62. The van der Waals surface area contributed by atoms with Gasteiger partial charge in [0.1, 0.15) is 12.4 Å². The first kappa shape index (κ1) is 27.7. The maximum absolute atomic E-state index is 12.9. The number of carbonyl (C=O) groups is 2. The minimum absolute atomic E-state index is 0.0182. The number of para-hydroxylation sites is 1. The van der Waals surface area contributed by atoms with Gasteiger partial charge in [0.2, 0.25) is 11.8 Å². The van der Waals surface area contributed by atoms with E-state index in [0.717, 1.165) is 73.1 Å². The second-order valence-electron chi connectivity index (χ2n) is 12.8. The summed E-state index contributed by atoms with van der Waals surface area (Å²) < 4.78 is 7.20. The topological polar surface area (TPSA) is 82.1 Å². The van der Waals surface area contributed by atoms with E-state index in [1.54, 1.807) is 0 Å². The van der Waals surface area contributed by atoms with Crippen molar-refractivity contribution < 1.29 is 19.4 Å². The molecule has 1 heterocycles. The second-order valence-corrected chi connectivity index (χ2v) is 13.7. The maximum atomic E-state index is 12.9. The standard InChI is InChI=1S/C32H40BrN3O4/c33-27-7-5-23(6-8-27)21-40-28-4-2-1-3-26(28)20-35-9-11-36(12-10-35)30(38)19-34-29(37)18-31-14-24-13-25(15-31)17-32(39,16-24)22-31/h1-8,24-25,39H,9-22H2,(H,34,37). The number of nitrogens with one attached hydrogen (secondary N) is 1. The van der Waals surface area contributed by atoms with Crippen LogP contribution in [0.3, 0.4) is 0 Å². The van der Waals surface area contributed by atoms with E-state index >= 15 is 0 Å².